The van der Waals surface area contributed by atoms with Gasteiger partial charge in [-0.3, -0.25) is 0 Å². The molecule has 0 aliphatic heterocycles. The van der Waals surface area contributed by atoms with E-state index in [-0.39, 0.29) is 5.41 Å². The van der Waals surface area contributed by atoms with Crippen molar-refractivity contribution >= 4 is 35.8 Å². The van der Waals surface area contributed by atoms with Gasteiger partial charge in [-0.05, 0) is 30.7 Å². The van der Waals surface area contributed by atoms with E-state index in [0.717, 1.165) is 5.75 Å². The Kier molecular flexibility index (Phi) is 5.73. The summed E-state index contributed by atoms with van der Waals surface area (Å²) >= 11 is 16.8. The van der Waals surface area contributed by atoms with Crippen LogP contribution in [0.2, 0.25) is 10.0 Å². The van der Waals surface area contributed by atoms with E-state index >= 15 is 0 Å². The van der Waals surface area contributed by atoms with Crippen molar-refractivity contribution in [3.8, 4) is 5.75 Å². The average Bonchev–Trinajstić information content (AvgIpc) is 2.64. The maximum atomic E-state index is 6.14. The minimum Gasteiger partial charge on any atom is -0.490 e. The lowest BCUT2D eigenvalue weighted by atomic mass is 9.83. The molecule has 0 heterocycles. The van der Waals surface area contributed by atoms with Crippen LogP contribution in [0.4, 0.5) is 0 Å². The van der Waals surface area contributed by atoms with E-state index in [0.29, 0.717) is 22.4 Å². The van der Waals surface area contributed by atoms with Crippen LogP contribution in [0.3, 0.4) is 0 Å². The third-order valence-electron chi connectivity index (χ3n) is 3.94. The van der Waals surface area contributed by atoms with Crippen molar-refractivity contribution in [1.82, 2.24) is 0 Å². The molecule has 0 saturated heterocycles. The molecule has 0 spiro atoms. The molecule has 1 nitrogen and oxygen atoms in total. The number of hydrogen-bond donors (Lipinski definition) is 1. The van der Waals surface area contributed by atoms with Crippen molar-refractivity contribution in [3.05, 3.63) is 28.2 Å². The standard InChI is InChI=1S/C15H20Cl2OS/c16-12-6-5-7-13(17)14(12)18-10-15(11-19)8-3-1-2-4-9-15/h5-7,19H,1-4,8-11H2. The predicted molar refractivity (Wildman–Crippen MR) is 85.9 cm³/mol. The van der Waals surface area contributed by atoms with E-state index in [9.17, 15) is 0 Å². The summed E-state index contributed by atoms with van der Waals surface area (Å²) in [6, 6.07) is 5.45. The monoisotopic (exact) mass is 318 g/mol. The molecule has 1 aromatic carbocycles. The van der Waals surface area contributed by atoms with Gasteiger partial charge in [-0.1, -0.05) is 55.0 Å². The first kappa shape index (κ1) is 15.3. The summed E-state index contributed by atoms with van der Waals surface area (Å²) in [7, 11) is 0. The highest BCUT2D eigenvalue weighted by molar-refractivity contribution is 7.80. The maximum Gasteiger partial charge on any atom is 0.156 e. The van der Waals surface area contributed by atoms with Gasteiger partial charge < -0.3 is 4.74 Å². The molecule has 19 heavy (non-hydrogen) atoms. The van der Waals surface area contributed by atoms with Crippen LogP contribution >= 0.6 is 35.8 Å². The average molecular weight is 319 g/mol. The molecule has 4 heteroatoms. The molecule has 0 N–H and O–H groups in total. The first-order valence-corrected chi connectivity index (χ1v) is 8.23. The Labute approximate surface area is 131 Å². The van der Waals surface area contributed by atoms with Crippen molar-refractivity contribution in [2.24, 2.45) is 5.41 Å². The third-order valence-corrected chi connectivity index (χ3v) is 5.21. The van der Waals surface area contributed by atoms with Crippen LogP contribution in [0.25, 0.3) is 0 Å². The minimum absolute atomic E-state index is 0.169. The molecule has 2 rings (SSSR count). The second-order valence-electron chi connectivity index (χ2n) is 5.41. The second kappa shape index (κ2) is 7.10. The lowest BCUT2D eigenvalue weighted by molar-refractivity contribution is 0.148. The summed E-state index contributed by atoms with van der Waals surface area (Å²) in [6.07, 6.45) is 7.53. The van der Waals surface area contributed by atoms with Crippen molar-refractivity contribution in [2.75, 3.05) is 12.4 Å². The zero-order valence-electron chi connectivity index (χ0n) is 11.0. The van der Waals surface area contributed by atoms with E-state index < -0.39 is 0 Å². The topological polar surface area (TPSA) is 9.23 Å². The van der Waals surface area contributed by atoms with Crippen molar-refractivity contribution in [2.45, 2.75) is 38.5 Å². The van der Waals surface area contributed by atoms with Gasteiger partial charge in [-0.25, -0.2) is 0 Å². The fraction of sp³-hybridized carbons (Fsp3) is 0.600. The van der Waals surface area contributed by atoms with Crippen molar-refractivity contribution in [3.63, 3.8) is 0 Å². The number of ether oxygens (including phenoxy) is 1. The van der Waals surface area contributed by atoms with E-state index in [1.165, 1.54) is 38.5 Å². The summed E-state index contributed by atoms with van der Waals surface area (Å²) in [5, 5.41) is 1.16. The zero-order valence-corrected chi connectivity index (χ0v) is 13.4. The number of halogens is 2. The molecule has 0 aromatic heterocycles. The van der Waals surface area contributed by atoms with Crippen molar-refractivity contribution in [1.29, 1.82) is 0 Å². The quantitative estimate of drug-likeness (QED) is 0.558. The molecule has 1 aliphatic rings. The third kappa shape index (κ3) is 3.96. The highest BCUT2D eigenvalue weighted by Crippen LogP contribution is 2.39. The normalized spacial score (nSPS) is 18.9. The molecule has 0 radical (unpaired) electrons. The first-order chi connectivity index (χ1) is 9.17. The highest BCUT2D eigenvalue weighted by Gasteiger charge is 2.31. The molecule has 1 saturated carbocycles. The Morgan fingerprint density at radius 1 is 1.05 bits per heavy atom. The summed E-state index contributed by atoms with van der Waals surface area (Å²) in [5.74, 6) is 1.46. The van der Waals surface area contributed by atoms with Crippen LogP contribution in [-0.2, 0) is 0 Å². The lowest BCUT2D eigenvalue weighted by Crippen LogP contribution is -2.30. The van der Waals surface area contributed by atoms with Gasteiger partial charge in [-0.2, -0.15) is 12.6 Å². The summed E-state index contributed by atoms with van der Waals surface area (Å²) < 4.78 is 5.94. The van der Waals surface area contributed by atoms with E-state index in [2.05, 4.69) is 12.6 Å². The molecule has 1 aliphatic carbocycles. The van der Waals surface area contributed by atoms with E-state index in [4.69, 9.17) is 27.9 Å². The summed E-state index contributed by atoms with van der Waals surface area (Å²) in [5.41, 5.74) is 0.169. The van der Waals surface area contributed by atoms with Gasteiger partial charge in [0, 0.05) is 5.41 Å². The molecule has 0 bridgehead atoms. The maximum absolute atomic E-state index is 6.14. The molecule has 1 fully saturated rings. The molecule has 0 atom stereocenters. The SMILES string of the molecule is SCC1(COc2c(Cl)cccc2Cl)CCCCCC1. The number of rotatable bonds is 4. The second-order valence-corrected chi connectivity index (χ2v) is 6.54. The molecular formula is C15H20Cl2OS. The van der Waals surface area contributed by atoms with Gasteiger partial charge >= 0.3 is 0 Å². The van der Waals surface area contributed by atoms with Crippen molar-refractivity contribution < 1.29 is 4.74 Å². The Morgan fingerprint density at radius 3 is 2.16 bits per heavy atom. The van der Waals surface area contributed by atoms with Gasteiger partial charge in [0.05, 0.1) is 16.7 Å². The summed E-state index contributed by atoms with van der Waals surface area (Å²) in [4.78, 5) is 0. The highest BCUT2D eigenvalue weighted by atomic mass is 35.5. The number of thiol groups is 1. The van der Waals surface area contributed by atoms with Crippen LogP contribution in [0.15, 0.2) is 18.2 Å². The fourth-order valence-corrected chi connectivity index (χ4v) is 3.59. The van der Waals surface area contributed by atoms with Crippen LogP contribution in [0.5, 0.6) is 5.75 Å². The smallest absolute Gasteiger partial charge is 0.156 e. The Bertz CT molecular complexity index is 394. The van der Waals surface area contributed by atoms with Gasteiger partial charge in [-0.15, -0.1) is 0 Å². The molecule has 106 valence electrons. The number of benzene rings is 1. The molecular weight excluding hydrogens is 299 g/mol. The first-order valence-electron chi connectivity index (χ1n) is 6.85. The van der Waals surface area contributed by atoms with Gasteiger partial charge in [0.2, 0.25) is 0 Å². The lowest BCUT2D eigenvalue weighted by Gasteiger charge is -2.31. The molecule has 1 aromatic rings. The predicted octanol–water partition coefficient (Wildman–Crippen LogP) is 5.64. The fourth-order valence-electron chi connectivity index (χ4n) is 2.67. The Hall–Kier alpha value is -0.0500. The number of hydrogen-bond acceptors (Lipinski definition) is 2. The molecule has 0 amide bonds. The number of para-hydroxylation sites is 1. The van der Waals surface area contributed by atoms with Gasteiger partial charge in [0.15, 0.2) is 5.75 Å². The Morgan fingerprint density at radius 2 is 1.63 bits per heavy atom. The van der Waals surface area contributed by atoms with E-state index in [1.54, 1.807) is 0 Å². The summed E-state index contributed by atoms with van der Waals surface area (Å²) in [6.45, 7) is 0.653. The van der Waals surface area contributed by atoms with Gasteiger partial charge in [0.25, 0.3) is 0 Å². The molecule has 0 unspecified atom stereocenters. The van der Waals surface area contributed by atoms with Crippen LogP contribution in [0.1, 0.15) is 38.5 Å². The zero-order chi connectivity index (χ0) is 13.7. The van der Waals surface area contributed by atoms with Crippen LogP contribution in [-0.4, -0.2) is 12.4 Å². The van der Waals surface area contributed by atoms with Crippen LogP contribution in [0, 0.1) is 5.41 Å². The Balaban J connectivity index is 2.06. The minimum atomic E-state index is 0.169. The van der Waals surface area contributed by atoms with E-state index in [1.807, 2.05) is 18.2 Å². The van der Waals surface area contributed by atoms with Gasteiger partial charge in [0.1, 0.15) is 0 Å². The van der Waals surface area contributed by atoms with Crippen LogP contribution < -0.4 is 4.74 Å². The largest absolute Gasteiger partial charge is 0.490 e.